The molecule has 26 heavy (non-hydrogen) atoms. The summed E-state index contributed by atoms with van der Waals surface area (Å²) in [4.78, 5) is 11.0. The zero-order chi connectivity index (χ0) is 17.9. The summed E-state index contributed by atoms with van der Waals surface area (Å²) in [6.07, 6.45) is 8.94. The van der Waals surface area contributed by atoms with Crippen LogP contribution in [0.4, 0.5) is 5.82 Å². The fourth-order valence-electron chi connectivity index (χ4n) is 3.34. The lowest BCUT2D eigenvalue weighted by Gasteiger charge is -2.24. The van der Waals surface area contributed by atoms with Gasteiger partial charge in [-0.05, 0) is 56.4 Å². The van der Waals surface area contributed by atoms with E-state index in [4.69, 9.17) is 0 Å². The monoisotopic (exact) mass is 341 g/mol. The highest BCUT2D eigenvalue weighted by molar-refractivity contribution is 5.82. The van der Waals surface area contributed by atoms with Crippen LogP contribution < -0.4 is 4.90 Å². The van der Waals surface area contributed by atoms with Crippen LogP contribution in [-0.4, -0.2) is 21.3 Å². The first-order chi connectivity index (χ1) is 12.7. The molecule has 0 saturated heterocycles. The SMILES string of the molecule is CC1=NC(C#Cc2ccc3n2C=CN(c2ncccc2C#N)C3)CCC1. The summed E-state index contributed by atoms with van der Waals surface area (Å²) in [7, 11) is 0. The molecule has 0 radical (unpaired) electrons. The molecule has 1 atom stereocenters. The lowest BCUT2D eigenvalue weighted by molar-refractivity contribution is 0.664. The van der Waals surface area contributed by atoms with Crippen molar-refractivity contribution in [3.8, 4) is 17.9 Å². The number of anilines is 1. The molecule has 0 amide bonds. The van der Waals surface area contributed by atoms with E-state index in [1.54, 1.807) is 18.3 Å². The molecule has 2 aromatic heterocycles. The molecule has 1 unspecified atom stereocenters. The third-order valence-electron chi connectivity index (χ3n) is 4.67. The Hall–Kier alpha value is -3.31. The highest BCUT2D eigenvalue weighted by atomic mass is 15.2. The fourth-order valence-corrected chi connectivity index (χ4v) is 3.34. The van der Waals surface area contributed by atoms with E-state index in [1.165, 1.54) is 12.1 Å². The number of aliphatic imine (C=N–C) groups is 1. The van der Waals surface area contributed by atoms with E-state index in [1.807, 2.05) is 23.4 Å². The topological polar surface area (TPSA) is 57.2 Å². The van der Waals surface area contributed by atoms with Crippen molar-refractivity contribution in [1.29, 1.82) is 5.26 Å². The number of fused-ring (bicyclic) bond motifs is 1. The summed E-state index contributed by atoms with van der Waals surface area (Å²) in [5, 5.41) is 9.29. The second-order valence-electron chi connectivity index (χ2n) is 6.53. The molecule has 5 nitrogen and oxygen atoms in total. The van der Waals surface area contributed by atoms with Gasteiger partial charge in [0.2, 0.25) is 0 Å². The first kappa shape index (κ1) is 16.2. The number of nitriles is 1. The summed E-state index contributed by atoms with van der Waals surface area (Å²) in [5.41, 5.74) is 3.86. The third-order valence-corrected chi connectivity index (χ3v) is 4.67. The first-order valence-corrected chi connectivity index (χ1v) is 8.79. The molecule has 0 aliphatic carbocycles. The van der Waals surface area contributed by atoms with Crippen molar-refractivity contribution in [1.82, 2.24) is 9.55 Å². The summed E-state index contributed by atoms with van der Waals surface area (Å²) < 4.78 is 2.10. The molecule has 5 heteroatoms. The molecule has 2 aliphatic heterocycles. The van der Waals surface area contributed by atoms with Crippen LogP contribution in [0.3, 0.4) is 0 Å². The maximum Gasteiger partial charge on any atom is 0.150 e. The molecule has 4 rings (SSSR count). The smallest absolute Gasteiger partial charge is 0.150 e. The maximum atomic E-state index is 9.29. The van der Waals surface area contributed by atoms with Crippen molar-refractivity contribution in [3.63, 3.8) is 0 Å². The van der Waals surface area contributed by atoms with E-state index in [2.05, 4.69) is 45.4 Å². The van der Waals surface area contributed by atoms with Crippen LogP contribution in [0.15, 0.2) is 41.7 Å². The maximum absolute atomic E-state index is 9.29. The van der Waals surface area contributed by atoms with E-state index in [0.717, 1.165) is 24.2 Å². The molecule has 2 aliphatic rings. The minimum atomic E-state index is 0.116. The molecular formula is C21H19N5. The van der Waals surface area contributed by atoms with Crippen LogP contribution in [-0.2, 0) is 6.54 Å². The predicted octanol–water partition coefficient (Wildman–Crippen LogP) is 3.57. The van der Waals surface area contributed by atoms with Crippen LogP contribution >= 0.6 is 0 Å². The Morgan fingerprint density at radius 1 is 1.23 bits per heavy atom. The van der Waals surface area contributed by atoms with Gasteiger partial charge >= 0.3 is 0 Å². The Balaban J connectivity index is 1.58. The quantitative estimate of drug-likeness (QED) is 0.745. The Morgan fingerprint density at radius 2 is 2.15 bits per heavy atom. The minimum Gasteiger partial charge on any atom is -0.325 e. The summed E-state index contributed by atoms with van der Waals surface area (Å²) in [6, 6.07) is 10.00. The van der Waals surface area contributed by atoms with Crippen LogP contribution in [0.25, 0.3) is 6.20 Å². The van der Waals surface area contributed by atoms with Gasteiger partial charge in [0.25, 0.3) is 0 Å². The molecule has 128 valence electrons. The zero-order valence-electron chi connectivity index (χ0n) is 14.7. The Labute approximate surface area is 153 Å². The number of aromatic nitrogens is 2. The normalized spacial score (nSPS) is 18.4. The second-order valence-corrected chi connectivity index (χ2v) is 6.53. The standard InChI is InChI=1S/C21H19N5/c1-16-4-2-6-18(24-16)7-8-19-9-10-20-15-25(12-13-26(19)20)21-17(14-22)5-3-11-23-21/h3,5,9-13,18H,2,4,6,15H2,1H3. The van der Waals surface area contributed by atoms with E-state index < -0.39 is 0 Å². The molecule has 4 heterocycles. The lowest BCUT2D eigenvalue weighted by Crippen LogP contribution is -2.23. The molecule has 0 fully saturated rings. The lowest BCUT2D eigenvalue weighted by atomic mass is 10.0. The van der Waals surface area contributed by atoms with Gasteiger partial charge in [0.15, 0.2) is 5.82 Å². The number of hydrogen-bond acceptors (Lipinski definition) is 4. The van der Waals surface area contributed by atoms with Crippen molar-refractivity contribution >= 4 is 17.7 Å². The summed E-state index contributed by atoms with van der Waals surface area (Å²) in [6.45, 7) is 2.74. The van der Waals surface area contributed by atoms with Crippen molar-refractivity contribution < 1.29 is 0 Å². The van der Waals surface area contributed by atoms with Gasteiger partial charge in [-0.15, -0.1) is 0 Å². The van der Waals surface area contributed by atoms with Gasteiger partial charge in [-0.3, -0.25) is 4.99 Å². The van der Waals surface area contributed by atoms with Crippen molar-refractivity contribution in [2.45, 2.75) is 38.8 Å². The molecular weight excluding hydrogens is 322 g/mol. The van der Waals surface area contributed by atoms with Crippen LogP contribution in [0.5, 0.6) is 0 Å². The minimum absolute atomic E-state index is 0.116. The van der Waals surface area contributed by atoms with Crippen molar-refractivity contribution in [3.05, 3.63) is 53.6 Å². The Bertz CT molecular complexity index is 993. The van der Waals surface area contributed by atoms with Crippen molar-refractivity contribution in [2.75, 3.05) is 4.90 Å². The van der Waals surface area contributed by atoms with E-state index >= 15 is 0 Å². The van der Waals surface area contributed by atoms with E-state index in [-0.39, 0.29) is 6.04 Å². The average Bonchev–Trinajstić information content (AvgIpc) is 3.08. The zero-order valence-corrected chi connectivity index (χ0v) is 14.7. The van der Waals surface area contributed by atoms with Gasteiger partial charge in [0.05, 0.1) is 17.8 Å². The van der Waals surface area contributed by atoms with Gasteiger partial charge in [-0.1, -0.05) is 5.92 Å². The highest BCUT2D eigenvalue weighted by Crippen LogP contribution is 2.24. The highest BCUT2D eigenvalue weighted by Gasteiger charge is 2.17. The van der Waals surface area contributed by atoms with Gasteiger partial charge in [-0.2, -0.15) is 5.26 Å². The number of pyridine rings is 1. The molecule has 0 bridgehead atoms. The van der Waals surface area contributed by atoms with Gasteiger partial charge in [-0.25, -0.2) is 4.98 Å². The second kappa shape index (κ2) is 6.90. The van der Waals surface area contributed by atoms with Crippen LogP contribution in [0.2, 0.25) is 0 Å². The number of hydrogen-bond donors (Lipinski definition) is 0. The van der Waals surface area contributed by atoms with E-state index in [0.29, 0.717) is 17.9 Å². The van der Waals surface area contributed by atoms with Gasteiger partial charge in [0.1, 0.15) is 12.1 Å². The molecule has 2 aromatic rings. The average molecular weight is 341 g/mol. The van der Waals surface area contributed by atoms with Gasteiger partial charge < -0.3 is 9.47 Å². The summed E-state index contributed by atoms with van der Waals surface area (Å²) >= 11 is 0. The van der Waals surface area contributed by atoms with Crippen LogP contribution in [0, 0.1) is 23.2 Å². The predicted molar refractivity (Wildman–Crippen MR) is 103 cm³/mol. The van der Waals surface area contributed by atoms with Gasteiger partial charge in [0, 0.05) is 30.0 Å². The third kappa shape index (κ3) is 3.12. The largest absolute Gasteiger partial charge is 0.325 e. The molecule has 0 aromatic carbocycles. The summed E-state index contributed by atoms with van der Waals surface area (Å²) in [5.74, 6) is 7.27. The molecule has 0 saturated carbocycles. The Morgan fingerprint density at radius 3 is 3.00 bits per heavy atom. The Kier molecular flexibility index (Phi) is 4.29. The fraction of sp³-hybridized carbons (Fsp3) is 0.286. The molecule has 0 N–H and O–H groups in total. The van der Waals surface area contributed by atoms with E-state index in [9.17, 15) is 5.26 Å². The van der Waals surface area contributed by atoms with Crippen LogP contribution in [0.1, 0.15) is 43.1 Å². The molecule has 0 spiro atoms. The number of rotatable bonds is 1. The van der Waals surface area contributed by atoms with Crippen molar-refractivity contribution in [2.24, 2.45) is 4.99 Å². The first-order valence-electron chi connectivity index (χ1n) is 8.79. The number of nitrogens with zero attached hydrogens (tertiary/aromatic N) is 5.